The predicted octanol–water partition coefficient (Wildman–Crippen LogP) is 1.73. The van der Waals surface area contributed by atoms with Crippen LogP contribution in [0.4, 0.5) is 0 Å². The molecule has 6 nitrogen and oxygen atoms in total. The number of aliphatic hydroxyl groups excluding tert-OH is 1. The van der Waals surface area contributed by atoms with E-state index < -0.39 is 6.10 Å². The first-order chi connectivity index (χ1) is 9.51. The van der Waals surface area contributed by atoms with Crippen LogP contribution in [0, 0.1) is 13.8 Å². The number of aryl methyl sites for hydroxylation is 3. The Morgan fingerprint density at radius 2 is 2.10 bits per heavy atom. The van der Waals surface area contributed by atoms with Crippen LogP contribution >= 0.6 is 0 Å². The fraction of sp³-hybridized carbons (Fsp3) is 0.571. The van der Waals surface area contributed by atoms with Gasteiger partial charge in [-0.1, -0.05) is 6.92 Å². The van der Waals surface area contributed by atoms with Crippen molar-refractivity contribution in [2.45, 2.75) is 39.8 Å². The smallest absolute Gasteiger partial charge is 0.163 e. The van der Waals surface area contributed by atoms with Gasteiger partial charge in [0.1, 0.15) is 11.8 Å². The molecule has 0 amide bonds. The van der Waals surface area contributed by atoms with Crippen LogP contribution in [0.5, 0.6) is 5.75 Å². The summed E-state index contributed by atoms with van der Waals surface area (Å²) in [6, 6.07) is 0. The van der Waals surface area contributed by atoms with Crippen molar-refractivity contribution in [3.8, 4) is 5.75 Å². The highest BCUT2D eigenvalue weighted by atomic mass is 16.5. The van der Waals surface area contributed by atoms with Gasteiger partial charge in [-0.2, -0.15) is 10.2 Å². The molecule has 2 heterocycles. The van der Waals surface area contributed by atoms with E-state index in [1.807, 2.05) is 20.9 Å². The second-order valence-electron chi connectivity index (χ2n) is 4.93. The van der Waals surface area contributed by atoms with E-state index in [-0.39, 0.29) is 0 Å². The monoisotopic (exact) mass is 278 g/mol. The van der Waals surface area contributed by atoms with Gasteiger partial charge in [-0.05, 0) is 20.3 Å². The van der Waals surface area contributed by atoms with Crippen molar-refractivity contribution < 1.29 is 9.84 Å². The second kappa shape index (κ2) is 5.66. The Balaban J connectivity index is 2.52. The lowest BCUT2D eigenvalue weighted by Crippen LogP contribution is -2.12. The van der Waals surface area contributed by atoms with Crippen molar-refractivity contribution in [1.29, 1.82) is 0 Å². The maximum atomic E-state index is 10.8. The van der Waals surface area contributed by atoms with Gasteiger partial charge in [0.05, 0.1) is 19.0 Å². The Labute approximate surface area is 119 Å². The molecule has 0 aliphatic heterocycles. The summed E-state index contributed by atoms with van der Waals surface area (Å²) in [5.41, 5.74) is 3.28. The minimum atomic E-state index is -0.785. The van der Waals surface area contributed by atoms with Crippen LogP contribution in [0.15, 0.2) is 6.20 Å². The summed E-state index contributed by atoms with van der Waals surface area (Å²) in [6.07, 6.45) is 1.80. The molecule has 0 aliphatic carbocycles. The number of hydrogen-bond acceptors (Lipinski definition) is 4. The summed E-state index contributed by atoms with van der Waals surface area (Å²) in [4.78, 5) is 0. The van der Waals surface area contributed by atoms with Crippen molar-refractivity contribution in [3.63, 3.8) is 0 Å². The molecule has 0 fully saturated rings. The van der Waals surface area contributed by atoms with Gasteiger partial charge in [0, 0.05) is 24.8 Å². The van der Waals surface area contributed by atoms with E-state index in [9.17, 15) is 5.11 Å². The average molecular weight is 278 g/mol. The Bertz CT molecular complexity index is 601. The quantitative estimate of drug-likeness (QED) is 0.904. The zero-order valence-electron chi connectivity index (χ0n) is 12.7. The molecular formula is C14H22N4O2. The lowest BCUT2D eigenvalue weighted by Gasteiger charge is -2.15. The molecule has 20 heavy (non-hydrogen) atoms. The highest BCUT2D eigenvalue weighted by Gasteiger charge is 2.26. The molecule has 0 saturated heterocycles. The van der Waals surface area contributed by atoms with E-state index in [0.717, 1.165) is 29.9 Å². The first kappa shape index (κ1) is 14.6. The summed E-state index contributed by atoms with van der Waals surface area (Å²) in [5.74, 6) is 0.605. The van der Waals surface area contributed by atoms with Gasteiger partial charge < -0.3 is 9.84 Å². The number of ether oxygens (including phenoxy) is 1. The summed E-state index contributed by atoms with van der Waals surface area (Å²) in [5, 5.41) is 19.4. The first-order valence-electron chi connectivity index (χ1n) is 6.79. The molecule has 1 atom stereocenters. The van der Waals surface area contributed by atoms with Crippen molar-refractivity contribution in [2.75, 3.05) is 7.11 Å². The standard InChI is InChI=1S/C14H22N4O2/c1-6-7-18-13(11(20-5)8-15-18)14(19)12-9(2)16-17(4)10(12)3/h8,14,19H,6-7H2,1-5H3. The minimum absolute atomic E-state index is 0.605. The van der Waals surface area contributed by atoms with Gasteiger partial charge in [-0.3, -0.25) is 9.36 Å². The largest absolute Gasteiger partial charge is 0.493 e. The molecule has 0 saturated carbocycles. The minimum Gasteiger partial charge on any atom is -0.493 e. The van der Waals surface area contributed by atoms with E-state index in [1.54, 1.807) is 22.7 Å². The summed E-state index contributed by atoms with van der Waals surface area (Å²) < 4.78 is 8.91. The predicted molar refractivity (Wildman–Crippen MR) is 75.8 cm³/mol. The first-order valence-corrected chi connectivity index (χ1v) is 6.79. The van der Waals surface area contributed by atoms with E-state index in [1.165, 1.54) is 0 Å². The molecule has 110 valence electrons. The summed E-state index contributed by atoms with van der Waals surface area (Å²) in [6.45, 7) is 6.67. The lowest BCUT2D eigenvalue weighted by molar-refractivity contribution is 0.200. The topological polar surface area (TPSA) is 65.1 Å². The molecule has 2 aromatic heterocycles. The number of nitrogens with zero attached hydrogens (tertiary/aromatic N) is 4. The van der Waals surface area contributed by atoms with E-state index in [0.29, 0.717) is 11.4 Å². The van der Waals surface area contributed by atoms with Crippen LogP contribution in [-0.4, -0.2) is 31.8 Å². The Morgan fingerprint density at radius 1 is 1.40 bits per heavy atom. The normalized spacial score (nSPS) is 12.7. The number of aliphatic hydroxyl groups is 1. The third-order valence-corrected chi connectivity index (χ3v) is 3.60. The zero-order valence-corrected chi connectivity index (χ0v) is 12.7. The summed E-state index contributed by atoms with van der Waals surface area (Å²) >= 11 is 0. The van der Waals surface area contributed by atoms with Crippen LogP contribution in [0.3, 0.4) is 0 Å². The van der Waals surface area contributed by atoms with Crippen molar-refractivity contribution in [2.24, 2.45) is 7.05 Å². The van der Waals surface area contributed by atoms with Crippen LogP contribution in [0.2, 0.25) is 0 Å². The molecule has 2 rings (SSSR count). The second-order valence-corrected chi connectivity index (χ2v) is 4.93. The molecule has 2 aromatic rings. The average Bonchev–Trinajstić information content (AvgIpc) is 2.91. The molecule has 1 N–H and O–H groups in total. The van der Waals surface area contributed by atoms with Crippen LogP contribution in [0.1, 0.15) is 42.1 Å². The third kappa shape index (κ3) is 2.31. The SMILES string of the molecule is CCCn1ncc(OC)c1C(O)c1c(C)nn(C)c1C. The van der Waals surface area contributed by atoms with E-state index in [2.05, 4.69) is 17.1 Å². The molecule has 0 radical (unpaired) electrons. The number of methoxy groups -OCH3 is 1. The number of rotatable bonds is 5. The number of aromatic nitrogens is 4. The molecule has 0 spiro atoms. The van der Waals surface area contributed by atoms with Gasteiger partial charge in [-0.25, -0.2) is 0 Å². The van der Waals surface area contributed by atoms with Crippen molar-refractivity contribution in [1.82, 2.24) is 19.6 Å². The molecule has 0 aromatic carbocycles. The summed E-state index contributed by atoms with van der Waals surface area (Å²) in [7, 11) is 3.46. The number of hydrogen-bond donors (Lipinski definition) is 1. The van der Waals surface area contributed by atoms with Gasteiger partial charge in [-0.15, -0.1) is 0 Å². The van der Waals surface area contributed by atoms with Gasteiger partial charge in [0.2, 0.25) is 0 Å². The molecule has 1 unspecified atom stereocenters. The van der Waals surface area contributed by atoms with E-state index in [4.69, 9.17) is 4.74 Å². The van der Waals surface area contributed by atoms with Crippen LogP contribution in [0.25, 0.3) is 0 Å². The highest BCUT2D eigenvalue weighted by Crippen LogP contribution is 2.33. The van der Waals surface area contributed by atoms with E-state index >= 15 is 0 Å². The Kier molecular flexibility index (Phi) is 4.13. The lowest BCUT2D eigenvalue weighted by atomic mass is 10.0. The van der Waals surface area contributed by atoms with Gasteiger partial charge in [0.25, 0.3) is 0 Å². The van der Waals surface area contributed by atoms with Crippen LogP contribution in [-0.2, 0) is 13.6 Å². The van der Waals surface area contributed by atoms with Crippen LogP contribution < -0.4 is 4.74 Å². The van der Waals surface area contributed by atoms with Gasteiger partial charge >= 0.3 is 0 Å². The maximum Gasteiger partial charge on any atom is 0.163 e. The Hall–Kier alpha value is -1.82. The zero-order chi connectivity index (χ0) is 14.9. The Morgan fingerprint density at radius 3 is 2.60 bits per heavy atom. The molecule has 6 heteroatoms. The highest BCUT2D eigenvalue weighted by molar-refractivity contribution is 5.38. The third-order valence-electron chi connectivity index (χ3n) is 3.60. The van der Waals surface area contributed by atoms with Crippen molar-refractivity contribution >= 4 is 0 Å². The molecule has 0 aliphatic rings. The molecule has 0 bridgehead atoms. The maximum absolute atomic E-state index is 10.8. The fourth-order valence-corrected chi connectivity index (χ4v) is 2.52. The fourth-order valence-electron chi connectivity index (χ4n) is 2.52. The molecular weight excluding hydrogens is 256 g/mol. The van der Waals surface area contributed by atoms with Crippen molar-refractivity contribution in [3.05, 3.63) is 28.8 Å². The van der Waals surface area contributed by atoms with Gasteiger partial charge in [0.15, 0.2) is 5.75 Å².